The van der Waals surface area contributed by atoms with Crippen molar-refractivity contribution in [3.05, 3.63) is 23.5 Å². The molecule has 182 valence electrons. The Bertz CT molecular complexity index is 921. The number of hydrogen-bond donors (Lipinski definition) is 2. The van der Waals surface area contributed by atoms with Crippen molar-refractivity contribution in [1.29, 1.82) is 0 Å². The minimum absolute atomic E-state index is 0.0106. The van der Waals surface area contributed by atoms with Gasteiger partial charge in [-0.2, -0.15) is 16.7 Å². The molecule has 4 N–H and O–H groups in total. The fourth-order valence-electron chi connectivity index (χ4n) is 3.21. The summed E-state index contributed by atoms with van der Waals surface area (Å²) in [6.45, 7) is 2.23. The van der Waals surface area contributed by atoms with Gasteiger partial charge in [0.1, 0.15) is 6.61 Å². The highest BCUT2D eigenvalue weighted by Crippen LogP contribution is 2.37. The number of pyridine rings is 1. The van der Waals surface area contributed by atoms with Crippen LogP contribution >= 0.6 is 23.4 Å². The van der Waals surface area contributed by atoms with Crippen LogP contribution in [0, 0.1) is 5.41 Å². The molecule has 33 heavy (non-hydrogen) atoms. The van der Waals surface area contributed by atoms with Gasteiger partial charge in [0.15, 0.2) is 17.4 Å². The average molecular weight is 505 g/mol. The van der Waals surface area contributed by atoms with Crippen LogP contribution in [-0.4, -0.2) is 59.5 Å². The van der Waals surface area contributed by atoms with E-state index in [9.17, 15) is 8.78 Å². The molecule has 0 bridgehead atoms. The standard InChI is InChI=1S/C19H24ClF2N5O2S.CH3NO/c1-19(3-5-30-6-4-19)11-27(2)17-16(23)24-9-15(26-17)29-18-13(28-10-14(21)22)7-12(20)8-25-18;2-1-3/h7-9,14H,3-6,10-11H2,1-2H3,(H2,23,24);1H,(H2,2,3). The first kappa shape index (κ1) is 26.7. The first-order valence-corrected chi connectivity index (χ1v) is 11.5. The summed E-state index contributed by atoms with van der Waals surface area (Å²) in [6, 6.07) is 1.35. The van der Waals surface area contributed by atoms with Crippen molar-refractivity contribution < 1.29 is 23.0 Å². The molecule has 13 heteroatoms. The lowest BCUT2D eigenvalue weighted by molar-refractivity contribution is -0.106. The highest BCUT2D eigenvalue weighted by molar-refractivity contribution is 7.99. The maximum Gasteiger partial charge on any atom is 0.272 e. The summed E-state index contributed by atoms with van der Waals surface area (Å²) in [5, 5.41) is 0.231. The molecule has 1 amide bonds. The highest BCUT2D eigenvalue weighted by atomic mass is 35.5. The van der Waals surface area contributed by atoms with Crippen molar-refractivity contribution in [3.63, 3.8) is 0 Å². The first-order valence-electron chi connectivity index (χ1n) is 9.98. The number of carbonyl (C=O) groups is 1. The molecule has 1 fully saturated rings. The van der Waals surface area contributed by atoms with E-state index >= 15 is 0 Å². The summed E-state index contributed by atoms with van der Waals surface area (Å²) in [4.78, 5) is 23.2. The number of halogens is 3. The lowest BCUT2D eigenvalue weighted by Crippen LogP contribution is -2.37. The predicted octanol–water partition coefficient (Wildman–Crippen LogP) is 3.61. The summed E-state index contributed by atoms with van der Waals surface area (Å²) in [5.74, 6) is 3.10. The van der Waals surface area contributed by atoms with E-state index in [0.717, 1.165) is 30.9 Å². The fourth-order valence-corrected chi connectivity index (χ4v) is 4.84. The van der Waals surface area contributed by atoms with Gasteiger partial charge in [0.2, 0.25) is 12.3 Å². The molecular formula is C20H27ClF2N6O3S. The smallest absolute Gasteiger partial charge is 0.272 e. The van der Waals surface area contributed by atoms with Crippen LogP contribution < -0.4 is 25.8 Å². The van der Waals surface area contributed by atoms with E-state index in [1.165, 1.54) is 18.5 Å². The summed E-state index contributed by atoms with van der Waals surface area (Å²) < 4.78 is 35.8. The van der Waals surface area contributed by atoms with Crippen molar-refractivity contribution in [2.75, 3.05) is 42.3 Å². The molecule has 2 aromatic heterocycles. The average Bonchev–Trinajstić information content (AvgIpc) is 2.75. The Morgan fingerprint density at radius 3 is 2.64 bits per heavy atom. The minimum Gasteiger partial charge on any atom is -0.482 e. The minimum atomic E-state index is -2.65. The second-order valence-electron chi connectivity index (χ2n) is 7.59. The number of hydrogen-bond acceptors (Lipinski definition) is 9. The molecule has 0 aromatic carbocycles. The van der Waals surface area contributed by atoms with Gasteiger partial charge in [-0.25, -0.2) is 18.7 Å². The van der Waals surface area contributed by atoms with Gasteiger partial charge in [0, 0.05) is 25.9 Å². The van der Waals surface area contributed by atoms with E-state index in [1.54, 1.807) is 0 Å². The second kappa shape index (κ2) is 12.6. The van der Waals surface area contributed by atoms with E-state index in [1.807, 2.05) is 23.7 Å². The molecular weight excluding hydrogens is 478 g/mol. The molecule has 0 aliphatic carbocycles. The Morgan fingerprint density at radius 1 is 1.33 bits per heavy atom. The van der Waals surface area contributed by atoms with Crippen LogP contribution in [0.2, 0.25) is 5.02 Å². The highest BCUT2D eigenvalue weighted by Gasteiger charge is 2.29. The molecule has 9 nitrogen and oxygen atoms in total. The van der Waals surface area contributed by atoms with Crippen LogP contribution in [0.3, 0.4) is 0 Å². The molecule has 0 unspecified atom stereocenters. The van der Waals surface area contributed by atoms with E-state index in [-0.39, 0.29) is 40.2 Å². The van der Waals surface area contributed by atoms with E-state index in [0.29, 0.717) is 5.82 Å². The normalized spacial score (nSPS) is 14.7. The van der Waals surface area contributed by atoms with E-state index in [2.05, 4.69) is 27.6 Å². The fraction of sp³-hybridized carbons (Fsp3) is 0.500. The van der Waals surface area contributed by atoms with Crippen LogP contribution in [0.1, 0.15) is 19.8 Å². The number of alkyl halides is 2. The van der Waals surface area contributed by atoms with Gasteiger partial charge in [0.25, 0.3) is 12.3 Å². The van der Waals surface area contributed by atoms with Gasteiger partial charge >= 0.3 is 0 Å². The van der Waals surface area contributed by atoms with E-state index < -0.39 is 13.0 Å². The number of primary amides is 1. The van der Waals surface area contributed by atoms with Gasteiger partial charge in [-0.3, -0.25) is 4.79 Å². The van der Waals surface area contributed by atoms with Crippen LogP contribution in [0.25, 0.3) is 0 Å². The number of aromatic nitrogens is 3. The number of nitrogens with zero attached hydrogens (tertiary/aromatic N) is 4. The van der Waals surface area contributed by atoms with Crippen LogP contribution in [0.4, 0.5) is 20.4 Å². The monoisotopic (exact) mass is 504 g/mol. The van der Waals surface area contributed by atoms with Crippen molar-refractivity contribution in [2.45, 2.75) is 26.2 Å². The molecule has 0 saturated carbocycles. The molecule has 0 atom stereocenters. The van der Waals surface area contributed by atoms with Gasteiger partial charge in [-0.05, 0) is 29.8 Å². The molecule has 1 aliphatic heterocycles. The van der Waals surface area contributed by atoms with Gasteiger partial charge < -0.3 is 25.8 Å². The molecule has 0 radical (unpaired) electrons. The lowest BCUT2D eigenvalue weighted by atomic mass is 9.84. The van der Waals surface area contributed by atoms with Crippen molar-refractivity contribution >= 4 is 41.4 Å². The third kappa shape index (κ3) is 8.35. The number of ether oxygens (including phenoxy) is 2. The third-order valence-electron chi connectivity index (χ3n) is 4.79. The topological polar surface area (TPSA) is 129 Å². The zero-order valence-electron chi connectivity index (χ0n) is 18.3. The maximum absolute atomic E-state index is 12.5. The molecule has 3 heterocycles. The summed E-state index contributed by atoms with van der Waals surface area (Å²) >= 11 is 7.86. The largest absolute Gasteiger partial charge is 0.482 e. The van der Waals surface area contributed by atoms with Crippen LogP contribution in [0.15, 0.2) is 18.5 Å². The summed E-state index contributed by atoms with van der Waals surface area (Å²) in [5.41, 5.74) is 10.4. The number of rotatable bonds is 8. The molecule has 3 rings (SSSR count). The lowest BCUT2D eigenvalue weighted by Gasteiger charge is -2.37. The number of anilines is 2. The zero-order valence-corrected chi connectivity index (χ0v) is 19.9. The molecule has 0 spiro atoms. The van der Waals surface area contributed by atoms with Crippen molar-refractivity contribution in [2.24, 2.45) is 11.1 Å². The SMILES string of the molecule is CN(CC1(C)CCSCC1)c1nc(Oc2ncc(Cl)cc2OCC(F)F)cnc1N.NC=O. The van der Waals surface area contributed by atoms with Crippen LogP contribution in [-0.2, 0) is 4.79 Å². The first-order chi connectivity index (χ1) is 15.7. The number of amides is 1. The number of thioether (sulfide) groups is 1. The Hall–Kier alpha value is -2.60. The zero-order chi connectivity index (χ0) is 24.4. The van der Waals surface area contributed by atoms with Gasteiger partial charge in [-0.1, -0.05) is 18.5 Å². The molecule has 2 aromatic rings. The Labute approximate surface area is 200 Å². The predicted molar refractivity (Wildman–Crippen MR) is 125 cm³/mol. The second-order valence-corrected chi connectivity index (χ2v) is 9.25. The maximum atomic E-state index is 12.5. The van der Waals surface area contributed by atoms with Crippen LogP contribution in [0.5, 0.6) is 17.5 Å². The van der Waals surface area contributed by atoms with Crippen molar-refractivity contribution in [1.82, 2.24) is 15.0 Å². The summed E-state index contributed by atoms with van der Waals surface area (Å²) in [6.07, 6.45) is 2.51. The number of nitrogens with two attached hydrogens (primary N) is 2. The van der Waals surface area contributed by atoms with Gasteiger partial charge in [-0.15, -0.1) is 0 Å². The van der Waals surface area contributed by atoms with Crippen molar-refractivity contribution in [3.8, 4) is 17.5 Å². The number of nitrogen functional groups attached to an aromatic ring is 1. The Kier molecular flexibility index (Phi) is 10.2. The Morgan fingerprint density at radius 2 is 2.00 bits per heavy atom. The quantitative estimate of drug-likeness (QED) is 0.517. The van der Waals surface area contributed by atoms with E-state index in [4.69, 9.17) is 31.6 Å². The Balaban J connectivity index is 0.00000122. The molecule has 1 saturated heterocycles. The molecule has 1 aliphatic rings. The number of carbonyl (C=O) groups excluding carboxylic acids is 1. The third-order valence-corrected chi connectivity index (χ3v) is 5.98. The van der Waals surface area contributed by atoms with Gasteiger partial charge in [0.05, 0.1) is 11.2 Å². The summed E-state index contributed by atoms with van der Waals surface area (Å²) in [7, 11) is 1.91.